The van der Waals surface area contributed by atoms with E-state index >= 15 is 0 Å². The normalized spacial score (nSPS) is 15.9. The molecule has 4 heterocycles. The van der Waals surface area contributed by atoms with Crippen LogP contribution in [0.3, 0.4) is 0 Å². The number of carbonyl (C=O) groups is 1. The molecule has 3 aromatic heterocycles. The molecule has 1 aromatic carbocycles. The highest BCUT2D eigenvalue weighted by Crippen LogP contribution is 2.20. The molecule has 1 amide bonds. The minimum atomic E-state index is -0.551. The van der Waals surface area contributed by atoms with Gasteiger partial charge in [0.05, 0.1) is 35.8 Å². The fourth-order valence-electron chi connectivity index (χ4n) is 4.54. The lowest BCUT2D eigenvalue weighted by molar-refractivity contribution is 0.0951. The monoisotopic (exact) mass is 483 g/mol. The Bertz CT molecular complexity index is 1660. The van der Waals surface area contributed by atoms with E-state index in [0.717, 1.165) is 18.4 Å². The van der Waals surface area contributed by atoms with Gasteiger partial charge in [-0.1, -0.05) is 18.2 Å². The zero-order valence-electron chi connectivity index (χ0n) is 20.1. The first kappa shape index (κ1) is 23.5. The number of para-hydroxylation sites is 1. The summed E-state index contributed by atoms with van der Waals surface area (Å²) in [6.07, 6.45) is 3.23. The molecule has 5 rings (SSSR count). The molecule has 1 saturated heterocycles. The molecule has 0 spiro atoms. The van der Waals surface area contributed by atoms with E-state index in [4.69, 9.17) is 14.5 Å². The molecule has 0 saturated carbocycles. The molecule has 1 aliphatic heterocycles. The van der Waals surface area contributed by atoms with Gasteiger partial charge >= 0.3 is 0 Å². The summed E-state index contributed by atoms with van der Waals surface area (Å²) in [5.41, 5.74) is 1.92. The van der Waals surface area contributed by atoms with Crippen molar-refractivity contribution in [2.75, 3.05) is 13.2 Å². The number of nitrogens with zero attached hydrogens (tertiary/aromatic N) is 5. The third kappa shape index (κ3) is 4.16. The Morgan fingerprint density at radius 1 is 1.28 bits per heavy atom. The maximum atomic E-state index is 13.4. The van der Waals surface area contributed by atoms with Crippen LogP contribution in [0.25, 0.3) is 16.7 Å². The van der Waals surface area contributed by atoms with Gasteiger partial charge in [0.15, 0.2) is 5.49 Å². The average molecular weight is 484 g/mol. The van der Waals surface area contributed by atoms with Crippen LogP contribution in [0.4, 0.5) is 0 Å². The van der Waals surface area contributed by atoms with Crippen LogP contribution >= 0.6 is 0 Å². The molecule has 9 heteroatoms. The molecule has 0 aliphatic carbocycles. The van der Waals surface area contributed by atoms with Gasteiger partial charge in [-0.15, -0.1) is 0 Å². The second kappa shape index (κ2) is 9.76. The Hall–Kier alpha value is -4.29. The number of fused-ring (bicyclic) bond motifs is 2. The van der Waals surface area contributed by atoms with E-state index in [9.17, 15) is 14.9 Å². The first-order chi connectivity index (χ1) is 17.5. The molecule has 182 valence electrons. The molecular weight excluding hydrogens is 458 g/mol. The van der Waals surface area contributed by atoms with Crippen LogP contribution < -0.4 is 15.8 Å². The van der Waals surface area contributed by atoms with Crippen LogP contribution in [-0.2, 0) is 11.3 Å². The molecule has 4 aromatic rings. The number of aryl methyl sites for hydroxylation is 1. The number of carbonyl (C=O) groups excluding carboxylic acids is 1. The van der Waals surface area contributed by atoms with Crippen molar-refractivity contribution in [3.63, 3.8) is 0 Å². The highest BCUT2D eigenvalue weighted by molar-refractivity contribution is 5.97. The Morgan fingerprint density at radius 3 is 2.86 bits per heavy atom. The summed E-state index contributed by atoms with van der Waals surface area (Å²) >= 11 is 0. The van der Waals surface area contributed by atoms with Crippen molar-refractivity contribution in [2.45, 2.75) is 39.3 Å². The van der Waals surface area contributed by atoms with Crippen molar-refractivity contribution in [1.29, 1.82) is 5.26 Å². The van der Waals surface area contributed by atoms with E-state index in [0.29, 0.717) is 36.8 Å². The number of aromatic nitrogens is 3. The number of nitriles is 1. The largest absolute Gasteiger partial charge is 0.493 e. The highest BCUT2D eigenvalue weighted by Gasteiger charge is 2.22. The Labute approximate surface area is 206 Å². The molecule has 1 unspecified atom stereocenters. The summed E-state index contributed by atoms with van der Waals surface area (Å²) in [6, 6.07) is 14.1. The van der Waals surface area contributed by atoms with Crippen molar-refractivity contribution < 1.29 is 14.3 Å². The highest BCUT2D eigenvalue weighted by atomic mass is 16.5. The van der Waals surface area contributed by atoms with Crippen molar-refractivity contribution >= 4 is 22.6 Å². The standard InChI is InChI=1S/C27H25N5O4/c1-3-35-22-11-5-4-10-20(22)26(33)30-24-18(15-28)14-21-25(32(24)16-19-9-7-13-36-19)29-23-17(2)8-6-12-31(23)27(21)34/h4-6,8,10-12,14,19H,3,7,9,13,16H2,1-2H3. The summed E-state index contributed by atoms with van der Waals surface area (Å²) in [6.45, 7) is 5.04. The summed E-state index contributed by atoms with van der Waals surface area (Å²) in [4.78, 5) is 36.0. The second-order valence-electron chi connectivity index (χ2n) is 8.62. The molecule has 0 radical (unpaired) electrons. The summed E-state index contributed by atoms with van der Waals surface area (Å²) in [7, 11) is 0. The predicted octanol–water partition coefficient (Wildman–Crippen LogP) is 3.15. The van der Waals surface area contributed by atoms with Gasteiger partial charge in [-0.05, 0) is 56.5 Å². The molecule has 1 atom stereocenters. The fraction of sp³-hybridized carbons (Fsp3) is 0.296. The first-order valence-electron chi connectivity index (χ1n) is 11.9. The molecule has 9 nitrogen and oxygen atoms in total. The smallest absolute Gasteiger partial charge is 0.282 e. The maximum absolute atomic E-state index is 13.4. The molecule has 36 heavy (non-hydrogen) atoms. The van der Waals surface area contributed by atoms with Gasteiger partial charge in [0, 0.05) is 12.8 Å². The number of amides is 1. The Kier molecular flexibility index (Phi) is 6.36. The van der Waals surface area contributed by atoms with Crippen molar-refractivity contribution in [1.82, 2.24) is 14.0 Å². The SMILES string of the molecule is CCOc1ccccc1C(=O)N=c1c(C#N)cc2c(=O)n3cccc(C)c3nc2n1CC1CCCO1. The predicted molar refractivity (Wildman–Crippen MR) is 133 cm³/mol. The summed E-state index contributed by atoms with van der Waals surface area (Å²) < 4.78 is 14.6. The lowest BCUT2D eigenvalue weighted by atomic mass is 10.1. The number of rotatable bonds is 5. The van der Waals surface area contributed by atoms with Crippen LogP contribution in [0.1, 0.15) is 41.3 Å². The maximum Gasteiger partial charge on any atom is 0.282 e. The van der Waals surface area contributed by atoms with Crippen LogP contribution in [0, 0.1) is 18.3 Å². The Morgan fingerprint density at radius 2 is 2.11 bits per heavy atom. The zero-order chi connectivity index (χ0) is 25.2. The molecule has 0 N–H and O–H groups in total. The van der Waals surface area contributed by atoms with Crippen molar-refractivity contribution in [3.8, 4) is 11.8 Å². The number of ether oxygens (including phenoxy) is 2. The van der Waals surface area contributed by atoms with E-state index in [1.165, 1.54) is 10.5 Å². The third-order valence-electron chi connectivity index (χ3n) is 6.26. The van der Waals surface area contributed by atoms with Crippen LogP contribution in [0.15, 0.2) is 58.4 Å². The van der Waals surface area contributed by atoms with Gasteiger partial charge in [0.2, 0.25) is 0 Å². The summed E-state index contributed by atoms with van der Waals surface area (Å²) in [5, 5.41) is 10.3. The van der Waals surface area contributed by atoms with Crippen molar-refractivity contribution in [3.05, 3.63) is 81.2 Å². The lowest BCUT2D eigenvalue weighted by Crippen LogP contribution is -2.33. The van der Waals surface area contributed by atoms with Gasteiger partial charge in [0.1, 0.15) is 23.1 Å². The number of hydrogen-bond donors (Lipinski definition) is 0. The van der Waals surface area contributed by atoms with Crippen LogP contribution in [0.5, 0.6) is 5.75 Å². The van der Waals surface area contributed by atoms with Gasteiger partial charge < -0.3 is 14.0 Å². The van der Waals surface area contributed by atoms with E-state index in [-0.39, 0.29) is 33.7 Å². The van der Waals surface area contributed by atoms with E-state index in [1.54, 1.807) is 41.1 Å². The van der Waals surface area contributed by atoms with E-state index < -0.39 is 5.91 Å². The lowest BCUT2D eigenvalue weighted by Gasteiger charge is -2.17. The van der Waals surface area contributed by atoms with Crippen molar-refractivity contribution in [2.24, 2.45) is 4.99 Å². The molecular formula is C27H25N5O4. The van der Waals surface area contributed by atoms with Gasteiger partial charge in [-0.3, -0.25) is 14.0 Å². The fourth-order valence-corrected chi connectivity index (χ4v) is 4.54. The first-order valence-corrected chi connectivity index (χ1v) is 11.9. The van der Waals surface area contributed by atoms with E-state index in [2.05, 4.69) is 11.1 Å². The molecule has 0 bridgehead atoms. The van der Waals surface area contributed by atoms with Gasteiger partial charge in [-0.2, -0.15) is 10.3 Å². The number of pyridine rings is 2. The Balaban J connectivity index is 1.83. The number of benzene rings is 1. The molecule has 1 fully saturated rings. The summed E-state index contributed by atoms with van der Waals surface area (Å²) in [5.74, 6) is -0.138. The van der Waals surface area contributed by atoms with Crippen LogP contribution in [-0.4, -0.2) is 39.2 Å². The average Bonchev–Trinajstić information content (AvgIpc) is 3.40. The topological polar surface area (TPSA) is 111 Å². The van der Waals surface area contributed by atoms with Gasteiger partial charge in [-0.25, -0.2) is 4.98 Å². The van der Waals surface area contributed by atoms with E-state index in [1.807, 2.05) is 19.9 Å². The quantitative estimate of drug-likeness (QED) is 0.403. The van der Waals surface area contributed by atoms with Crippen LogP contribution in [0.2, 0.25) is 0 Å². The zero-order valence-corrected chi connectivity index (χ0v) is 20.1. The number of hydrogen-bond acceptors (Lipinski definition) is 6. The van der Waals surface area contributed by atoms with Gasteiger partial charge in [0.25, 0.3) is 11.5 Å². The minimum absolute atomic E-state index is 0.106. The molecule has 1 aliphatic rings. The second-order valence-corrected chi connectivity index (χ2v) is 8.62. The third-order valence-corrected chi connectivity index (χ3v) is 6.26. The minimum Gasteiger partial charge on any atom is -0.493 e.